The Hall–Kier alpha value is -3.07. The molecule has 0 aliphatic carbocycles. The van der Waals surface area contributed by atoms with Gasteiger partial charge < -0.3 is 9.30 Å². The fourth-order valence-corrected chi connectivity index (χ4v) is 5.56. The van der Waals surface area contributed by atoms with Gasteiger partial charge in [-0.3, -0.25) is 4.79 Å². The lowest BCUT2D eigenvalue weighted by Crippen LogP contribution is -2.32. The number of sulfonamides is 1. The van der Waals surface area contributed by atoms with Crippen LogP contribution in [0.25, 0.3) is 11.0 Å². The number of carbonyl (C=O) groups is 1. The Balaban J connectivity index is 1.52. The molecule has 3 aromatic carbocycles. The largest absolute Gasteiger partial charge is 0.489 e. The minimum absolute atomic E-state index is 0.0903. The minimum atomic E-state index is -3.71. The molecule has 1 heterocycles. The van der Waals surface area contributed by atoms with E-state index in [9.17, 15) is 13.2 Å². The van der Waals surface area contributed by atoms with Crippen LogP contribution < -0.4 is 9.46 Å². The smallest absolute Gasteiger partial charge is 0.266 e. The number of unbranched alkanes of at least 4 members (excludes halogenated alkanes) is 1. The number of hydrogen-bond acceptors (Lipinski definition) is 5. The van der Waals surface area contributed by atoms with E-state index in [2.05, 4.69) is 4.72 Å². The maximum Gasteiger partial charge on any atom is 0.266 e. The van der Waals surface area contributed by atoms with Crippen molar-refractivity contribution in [2.75, 3.05) is 5.75 Å². The second kappa shape index (κ2) is 12.2. The first-order valence-corrected chi connectivity index (χ1v) is 14.8. The average Bonchev–Trinajstić information content (AvgIpc) is 3.26. The van der Waals surface area contributed by atoms with Crippen LogP contribution in [0, 0.1) is 0 Å². The zero-order valence-corrected chi connectivity index (χ0v) is 23.5. The Morgan fingerprint density at radius 2 is 1.74 bits per heavy atom. The summed E-state index contributed by atoms with van der Waals surface area (Å²) in [5.41, 5.74) is 3.42. The van der Waals surface area contributed by atoms with E-state index in [1.807, 2.05) is 54.8 Å². The van der Waals surface area contributed by atoms with Crippen molar-refractivity contribution in [2.24, 2.45) is 0 Å². The monoisotopic (exact) mass is 573 g/mol. The van der Waals surface area contributed by atoms with Crippen molar-refractivity contribution in [1.29, 1.82) is 0 Å². The summed E-state index contributed by atoms with van der Waals surface area (Å²) in [5, 5.41) is 0.990. The van der Waals surface area contributed by atoms with Gasteiger partial charge in [-0.2, -0.15) is 0 Å². The lowest BCUT2D eigenvalue weighted by atomic mass is 10.1. The highest BCUT2D eigenvalue weighted by molar-refractivity contribution is 7.90. The third-order valence-corrected chi connectivity index (χ3v) is 8.15. The quantitative estimate of drug-likeness (QED) is 0.224. The van der Waals surface area contributed by atoms with E-state index in [1.165, 1.54) is 0 Å². The number of hydrogen-bond donors (Lipinski definition) is 1. The van der Waals surface area contributed by atoms with Gasteiger partial charge in [-0.05, 0) is 53.9 Å². The number of fused-ring (bicyclic) bond motifs is 1. The first-order valence-electron chi connectivity index (χ1n) is 12.4. The third-order valence-electron chi connectivity index (χ3n) is 6.09. The van der Waals surface area contributed by atoms with E-state index in [4.69, 9.17) is 32.9 Å². The number of imidazole rings is 1. The number of rotatable bonds is 11. The fraction of sp³-hybridized carbons (Fsp3) is 0.286. The van der Waals surface area contributed by atoms with Crippen LogP contribution in [0.4, 0.5) is 0 Å². The molecule has 4 rings (SSSR count). The predicted octanol–water partition coefficient (Wildman–Crippen LogP) is 6.39. The third kappa shape index (κ3) is 6.67. The number of nitrogens with one attached hydrogen (secondary N) is 1. The number of amides is 1. The molecule has 7 nitrogen and oxygen atoms in total. The van der Waals surface area contributed by atoms with E-state index >= 15 is 0 Å². The Morgan fingerprint density at radius 1 is 1.00 bits per heavy atom. The van der Waals surface area contributed by atoms with Crippen LogP contribution in [0.2, 0.25) is 10.0 Å². The molecular formula is C28H29Cl2N3O4S. The summed E-state index contributed by atoms with van der Waals surface area (Å²) >= 11 is 12.1. The van der Waals surface area contributed by atoms with Gasteiger partial charge in [0.15, 0.2) is 0 Å². The van der Waals surface area contributed by atoms with Gasteiger partial charge in [0.1, 0.15) is 23.7 Å². The van der Waals surface area contributed by atoms with Crippen molar-refractivity contribution in [3.05, 3.63) is 93.2 Å². The standard InChI is InChI=1S/C28H29Cl2N3O4S/c1-3-5-15-38(35,36)32-28(34)22-7-6-8-25-27(22)31-26(4-2)33(25)17-19-9-12-21(13-10-19)37-18-20-11-14-23(29)24(30)16-20/h6-14,16H,3-5,15,17-18H2,1-2H3,(H,32,34). The fourth-order valence-electron chi connectivity index (χ4n) is 4.08. The Bertz CT molecular complexity index is 1550. The topological polar surface area (TPSA) is 90.3 Å². The van der Waals surface area contributed by atoms with Gasteiger partial charge in [0.05, 0.1) is 26.9 Å². The van der Waals surface area contributed by atoms with Gasteiger partial charge >= 0.3 is 0 Å². The van der Waals surface area contributed by atoms with Crippen LogP contribution in [-0.2, 0) is 29.6 Å². The van der Waals surface area contributed by atoms with Crippen molar-refractivity contribution in [3.8, 4) is 5.75 Å². The zero-order chi connectivity index (χ0) is 27.3. The highest BCUT2D eigenvalue weighted by Gasteiger charge is 2.21. The van der Waals surface area contributed by atoms with E-state index in [-0.39, 0.29) is 11.3 Å². The van der Waals surface area contributed by atoms with Crippen molar-refractivity contribution >= 4 is 50.2 Å². The summed E-state index contributed by atoms with van der Waals surface area (Å²) in [7, 11) is -3.71. The van der Waals surface area contributed by atoms with Crippen molar-refractivity contribution in [2.45, 2.75) is 46.3 Å². The highest BCUT2D eigenvalue weighted by Crippen LogP contribution is 2.25. The first kappa shape index (κ1) is 28.0. The molecule has 10 heteroatoms. The average molecular weight is 575 g/mol. The summed E-state index contributed by atoms with van der Waals surface area (Å²) in [6.45, 7) is 4.79. The van der Waals surface area contributed by atoms with E-state index < -0.39 is 15.9 Å². The molecule has 1 aromatic heterocycles. The van der Waals surface area contributed by atoms with Gasteiger partial charge in [0.2, 0.25) is 10.0 Å². The molecule has 0 fully saturated rings. The molecule has 0 bridgehead atoms. The molecule has 1 amide bonds. The molecule has 4 aromatic rings. The molecule has 0 unspecified atom stereocenters. The molecular weight excluding hydrogens is 545 g/mol. The van der Waals surface area contributed by atoms with E-state index in [0.717, 1.165) is 28.9 Å². The van der Waals surface area contributed by atoms with Crippen LogP contribution in [-0.4, -0.2) is 29.6 Å². The zero-order valence-electron chi connectivity index (χ0n) is 21.2. The van der Waals surface area contributed by atoms with E-state index in [1.54, 1.807) is 24.3 Å². The number of para-hydroxylation sites is 1. The van der Waals surface area contributed by atoms with Crippen LogP contribution in [0.15, 0.2) is 60.7 Å². The molecule has 0 aliphatic rings. The van der Waals surface area contributed by atoms with Gasteiger partial charge in [0.25, 0.3) is 5.91 Å². The first-order chi connectivity index (χ1) is 18.2. The van der Waals surface area contributed by atoms with E-state index in [0.29, 0.717) is 47.3 Å². The number of aryl methyl sites for hydroxylation is 1. The van der Waals surface area contributed by atoms with Gasteiger partial charge in [-0.1, -0.05) is 67.7 Å². The lowest BCUT2D eigenvalue weighted by Gasteiger charge is -2.11. The summed E-state index contributed by atoms with van der Waals surface area (Å²) in [6, 6.07) is 18.4. The SMILES string of the molecule is CCCCS(=O)(=O)NC(=O)c1cccc2c1nc(CC)n2Cc1ccc(OCc2ccc(Cl)c(Cl)c2)cc1. The maximum atomic E-state index is 12.9. The van der Waals surface area contributed by atoms with Gasteiger partial charge in [0, 0.05) is 13.0 Å². The van der Waals surface area contributed by atoms with Crippen molar-refractivity contribution in [3.63, 3.8) is 0 Å². The molecule has 200 valence electrons. The Morgan fingerprint density at radius 3 is 2.42 bits per heavy atom. The normalized spacial score (nSPS) is 11.6. The van der Waals surface area contributed by atoms with Crippen molar-refractivity contribution in [1.82, 2.24) is 14.3 Å². The predicted molar refractivity (Wildman–Crippen MR) is 152 cm³/mol. The summed E-state index contributed by atoms with van der Waals surface area (Å²) in [6.07, 6.45) is 1.86. The van der Waals surface area contributed by atoms with Crippen LogP contribution in [0.5, 0.6) is 5.75 Å². The molecule has 0 spiro atoms. The number of nitrogens with zero attached hydrogens (tertiary/aromatic N) is 2. The molecule has 38 heavy (non-hydrogen) atoms. The number of carbonyl (C=O) groups excluding carboxylic acids is 1. The Labute approximate surface area is 232 Å². The summed E-state index contributed by atoms with van der Waals surface area (Å²) in [4.78, 5) is 17.6. The van der Waals surface area contributed by atoms with Gasteiger partial charge in [-0.15, -0.1) is 0 Å². The lowest BCUT2D eigenvalue weighted by molar-refractivity contribution is 0.0983. The van der Waals surface area contributed by atoms with Gasteiger partial charge in [-0.25, -0.2) is 18.1 Å². The number of ether oxygens (including phenoxy) is 1. The number of benzene rings is 3. The minimum Gasteiger partial charge on any atom is -0.489 e. The molecule has 0 saturated heterocycles. The second-order valence-electron chi connectivity index (χ2n) is 8.93. The van der Waals surface area contributed by atoms with Crippen LogP contribution in [0.1, 0.15) is 54.0 Å². The molecule has 0 atom stereocenters. The summed E-state index contributed by atoms with van der Waals surface area (Å²) in [5.74, 6) is 0.762. The molecule has 0 saturated carbocycles. The molecule has 0 aliphatic heterocycles. The number of aromatic nitrogens is 2. The van der Waals surface area contributed by atoms with Crippen molar-refractivity contribution < 1.29 is 17.9 Å². The van der Waals surface area contributed by atoms with Crippen LogP contribution in [0.3, 0.4) is 0 Å². The number of halogens is 2. The molecule has 1 N–H and O–H groups in total. The second-order valence-corrected chi connectivity index (χ2v) is 11.6. The van der Waals surface area contributed by atoms with Crippen LogP contribution >= 0.6 is 23.2 Å². The highest BCUT2D eigenvalue weighted by atomic mass is 35.5. The maximum absolute atomic E-state index is 12.9. The summed E-state index contributed by atoms with van der Waals surface area (Å²) < 4.78 is 34.7. The molecule has 0 radical (unpaired) electrons. The Kier molecular flexibility index (Phi) is 8.97.